The van der Waals surface area contributed by atoms with Crippen molar-refractivity contribution in [2.45, 2.75) is 38.6 Å². The Bertz CT molecular complexity index is 751. The molecule has 1 amide bonds. The molecule has 2 aromatic rings. The molecule has 7 heteroatoms. The molecular formula is C19H28N6O. The van der Waals surface area contributed by atoms with E-state index in [1.165, 1.54) is 19.3 Å². The molecular weight excluding hydrogens is 328 g/mol. The number of likely N-dealkylation sites (tertiary alicyclic amines) is 1. The van der Waals surface area contributed by atoms with Gasteiger partial charge < -0.3 is 9.80 Å². The van der Waals surface area contributed by atoms with E-state index < -0.39 is 0 Å². The molecule has 2 aliphatic heterocycles. The predicted molar refractivity (Wildman–Crippen MR) is 101 cm³/mol. The minimum Gasteiger partial charge on any atom is -0.352 e. The maximum atomic E-state index is 12.7. The Hall–Kier alpha value is -2.15. The first-order chi connectivity index (χ1) is 12.7. The fourth-order valence-corrected chi connectivity index (χ4v) is 4.16. The van der Waals surface area contributed by atoms with Gasteiger partial charge in [0.1, 0.15) is 5.82 Å². The number of nitrogens with zero attached hydrogens (tertiary/aromatic N) is 6. The molecule has 2 saturated heterocycles. The van der Waals surface area contributed by atoms with Crippen LogP contribution in [0.25, 0.3) is 5.65 Å². The van der Waals surface area contributed by atoms with Gasteiger partial charge in [-0.25, -0.2) is 9.50 Å². The van der Waals surface area contributed by atoms with E-state index in [1.54, 1.807) is 10.7 Å². The lowest BCUT2D eigenvalue weighted by Crippen LogP contribution is -2.53. The normalized spacial score (nSPS) is 22.1. The van der Waals surface area contributed by atoms with E-state index in [4.69, 9.17) is 0 Å². The third-order valence-corrected chi connectivity index (χ3v) is 5.76. The number of piperazine rings is 1. The summed E-state index contributed by atoms with van der Waals surface area (Å²) in [5.41, 5.74) is 0.856. The topological polar surface area (TPSA) is 57.0 Å². The fraction of sp³-hybridized carbons (Fsp3) is 0.632. The number of carbonyl (C=O) groups excluding carboxylic acids is 1. The van der Waals surface area contributed by atoms with E-state index in [-0.39, 0.29) is 5.91 Å². The molecule has 2 aromatic heterocycles. The Kier molecular flexibility index (Phi) is 5.06. The first kappa shape index (κ1) is 17.3. The highest BCUT2D eigenvalue weighted by molar-refractivity contribution is 5.78. The molecule has 0 spiro atoms. The maximum absolute atomic E-state index is 12.7. The van der Waals surface area contributed by atoms with Crippen LogP contribution in [0.1, 0.15) is 32.6 Å². The van der Waals surface area contributed by atoms with E-state index in [9.17, 15) is 4.79 Å². The molecule has 2 fully saturated rings. The average molecular weight is 356 g/mol. The van der Waals surface area contributed by atoms with Crippen LogP contribution in [0, 0.1) is 0 Å². The Morgan fingerprint density at radius 1 is 1.15 bits per heavy atom. The summed E-state index contributed by atoms with van der Waals surface area (Å²) in [6.07, 6.45) is 8.52. The third kappa shape index (κ3) is 3.53. The number of fused-ring (bicyclic) bond motifs is 1. The smallest absolute Gasteiger partial charge is 0.236 e. The molecule has 0 aliphatic carbocycles. The summed E-state index contributed by atoms with van der Waals surface area (Å²) in [5, 5.41) is 4.61. The number of carbonyl (C=O) groups is 1. The van der Waals surface area contributed by atoms with E-state index in [2.05, 4.69) is 26.8 Å². The summed E-state index contributed by atoms with van der Waals surface area (Å²) in [4.78, 5) is 23.6. The minimum atomic E-state index is 0.281. The van der Waals surface area contributed by atoms with Gasteiger partial charge in [0.15, 0.2) is 5.65 Å². The third-order valence-electron chi connectivity index (χ3n) is 5.76. The summed E-state index contributed by atoms with van der Waals surface area (Å²) in [6.45, 7) is 7.08. The van der Waals surface area contributed by atoms with Gasteiger partial charge in [-0.2, -0.15) is 0 Å². The van der Waals surface area contributed by atoms with Crippen LogP contribution in [0.15, 0.2) is 24.5 Å². The summed E-state index contributed by atoms with van der Waals surface area (Å²) >= 11 is 0. The van der Waals surface area contributed by atoms with Crippen molar-refractivity contribution < 1.29 is 4.79 Å². The first-order valence-electron chi connectivity index (χ1n) is 9.82. The minimum absolute atomic E-state index is 0.281. The second-order valence-electron chi connectivity index (χ2n) is 7.32. The van der Waals surface area contributed by atoms with Gasteiger partial charge in [-0.15, -0.1) is 5.10 Å². The van der Waals surface area contributed by atoms with Crippen LogP contribution in [-0.4, -0.2) is 75.6 Å². The van der Waals surface area contributed by atoms with Gasteiger partial charge in [0.25, 0.3) is 0 Å². The number of rotatable bonds is 4. The van der Waals surface area contributed by atoms with Crippen molar-refractivity contribution >= 4 is 17.4 Å². The molecule has 0 bridgehead atoms. The number of hydrogen-bond donors (Lipinski definition) is 0. The molecule has 0 saturated carbocycles. The zero-order valence-corrected chi connectivity index (χ0v) is 15.5. The quantitative estimate of drug-likeness (QED) is 0.834. The molecule has 0 radical (unpaired) electrons. The van der Waals surface area contributed by atoms with Crippen molar-refractivity contribution in [2.75, 3.05) is 44.2 Å². The molecule has 4 rings (SSSR count). The average Bonchev–Trinajstić information content (AvgIpc) is 3.16. The summed E-state index contributed by atoms with van der Waals surface area (Å²) in [6, 6.07) is 4.58. The zero-order valence-electron chi connectivity index (χ0n) is 15.5. The highest BCUT2D eigenvalue weighted by Gasteiger charge is 2.27. The van der Waals surface area contributed by atoms with Crippen molar-refractivity contribution in [1.82, 2.24) is 24.4 Å². The van der Waals surface area contributed by atoms with E-state index in [1.807, 2.05) is 23.2 Å². The number of anilines is 1. The lowest BCUT2D eigenvalue weighted by molar-refractivity contribution is -0.133. The van der Waals surface area contributed by atoms with Gasteiger partial charge in [-0.05, 0) is 37.9 Å². The Morgan fingerprint density at radius 3 is 2.81 bits per heavy atom. The monoisotopic (exact) mass is 356 g/mol. The van der Waals surface area contributed by atoms with Crippen molar-refractivity contribution in [1.29, 1.82) is 0 Å². The lowest BCUT2D eigenvalue weighted by atomic mass is 10.00. The predicted octanol–water partition coefficient (Wildman–Crippen LogP) is 1.64. The van der Waals surface area contributed by atoms with Crippen LogP contribution < -0.4 is 4.90 Å². The first-order valence-corrected chi connectivity index (χ1v) is 9.82. The molecule has 1 atom stereocenters. The Labute approximate surface area is 154 Å². The van der Waals surface area contributed by atoms with Crippen LogP contribution in [0.3, 0.4) is 0 Å². The highest BCUT2D eigenvalue weighted by atomic mass is 16.2. The standard InChI is InChI=1S/C19H28N6O/c1-2-16-5-3-4-9-24(16)15-19(26)23-13-11-22(12-14-23)18-7-6-17-20-8-10-25(17)21-18/h6-8,10,16H,2-5,9,11-15H2,1H3/t16-/m1/s1. The number of imidazole rings is 1. The van der Waals surface area contributed by atoms with Gasteiger partial charge in [-0.1, -0.05) is 13.3 Å². The van der Waals surface area contributed by atoms with Crippen molar-refractivity contribution in [2.24, 2.45) is 0 Å². The number of piperidine rings is 1. The summed E-state index contributed by atoms with van der Waals surface area (Å²) in [7, 11) is 0. The molecule has 2 aliphatic rings. The molecule has 140 valence electrons. The number of aromatic nitrogens is 3. The van der Waals surface area contributed by atoms with Crippen LogP contribution in [-0.2, 0) is 4.79 Å². The van der Waals surface area contributed by atoms with Crippen LogP contribution in [0.4, 0.5) is 5.82 Å². The van der Waals surface area contributed by atoms with Crippen LogP contribution in [0.2, 0.25) is 0 Å². The summed E-state index contributed by atoms with van der Waals surface area (Å²) in [5.74, 6) is 1.23. The zero-order chi connectivity index (χ0) is 17.9. The van der Waals surface area contributed by atoms with E-state index in [0.29, 0.717) is 12.6 Å². The highest BCUT2D eigenvalue weighted by Crippen LogP contribution is 2.20. The lowest BCUT2D eigenvalue weighted by Gasteiger charge is -2.39. The largest absolute Gasteiger partial charge is 0.352 e. The van der Waals surface area contributed by atoms with Gasteiger partial charge in [0.05, 0.1) is 6.54 Å². The molecule has 0 N–H and O–H groups in total. The van der Waals surface area contributed by atoms with Gasteiger partial charge in [0.2, 0.25) is 5.91 Å². The summed E-state index contributed by atoms with van der Waals surface area (Å²) < 4.78 is 1.80. The second kappa shape index (κ2) is 7.61. The van der Waals surface area contributed by atoms with Gasteiger partial charge in [-0.3, -0.25) is 9.69 Å². The Morgan fingerprint density at radius 2 is 2.00 bits per heavy atom. The van der Waals surface area contributed by atoms with E-state index >= 15 is 0 Å². The van der Waals surface area contributed by atoms with Crippen molar-refractivity contribution in [3.63, 3.8) is 0 Å². The second-order valence-corrected chi connectivity index (χ2v) is 7.32. The number of amides is 1. The van der Waals surface area contributed by atoms with Gasteiger partial charge in [0, 0.05) is 44.6 Å². The SMILES string of the molecule is CC[C@@H]1CCCCN1CC(=O)N1CCN(c2ccc3nccn3n2)CC1. The maximum Gasteiger partial charge on any atom is 0.236 e. The van der Waals surface area contributed by atoms with Crippen LogP contribution in [0.5, 0.6) is 0 Å². The molecule has 4 heterocycles. The molecule has 26 heavy (non-hydrogen) atoms. The molecule has 0 unspecified atom stereocenters. The molecule has 0 aromatic carbocycles. The van der Waals surface area contributed by atoms with Crippen molar-refractivity contribution in [3.05, 3.63) is 24.5 Å². The Balaban J connectivity index is 1.33. The molecule has 7 nitrogen and oxygen atoms in total. The fourth-order valence-electron chi connectivity index (χ4n) is 4.16. The van der Waals surface area contributed by atoms with Gasteiger partial charge >= 0.3 is 0 Å². The van der Waals surface area contributed by atoms with Crippen LogP contribution >= 0.6 is 0 Å². The number of hydrogen-bond acceptors (Lipinski definition) is 5. The van der Waals surface area contributed by atoms with Crippen molar-refractivity contribution in [3.8, 4) is 0 Å². The van der Waals surface area contributed by atoms with E-state index in [0.717, 1.165) is 50.6 Å².